The van der Waals surface area contributed by atoms with Gasteiger partial charge < -0.3 is 46.2 Å². The zero-order valence-electron chi connectivity index (χ0n) is 21.5. The molecule has 3 saturated carbocycles. The molecule has 3 heterocycles. The lowest BCUT2D eigenvalue weighted by Gasteiger charge is -2.33. The van der Waals surface area contributed by atoms with Gasteiger partial charge in [-0.15, -0.1) is 0 Å². The molecule has 0 aliphatic heterocycles. The summed E-state index contributed by atoms with van der Waals surface area (Å²) in [6.07, 6.45) is 8.71. The van der Waals surface area contributed by atoms with Gasteiger partial charge in [0, 0.05) is 18.6 Å². The molecule has 3 aromatic rings. The molecule has 39 heavy (non-hydrogen) atoms. The van der Waals surface area contributed by atoms with Gasteiger partial charge in [-0.3, -0.25) is 14.4 Å². The minimum absolute atomic E-state index is 0.0731. The fraction of sp³-hybridized carbons (Fsp3) is 0.444. The molecule has 0 aromatic carbocycles. The third-order valence-corrected chi connectivity index (χ3v) is 7.69. The van der Waals surface area contributed by atoms with Gasteiger partial charge in [-0.1, -0.05) is 0 Å². The van der Waals surface area contributed by atoms with Gasteiger partial charge in [0.05, 0.1) is 53.5 Å². The molecule has 3 aliphatic rings. The van der Waals surface area contributed by atoms with Gasteiger partial charge >= 0.3 is 0 Å². The highest BCUT2D eigenvalue weighted by Gasteiger charge is 2.32. The van der Waals surface area contributed by atoms with E-state index in [9.17, 15) is 29.7 Å². The van der Waals surface area contributed by atoms with Crippen molar-refractivity contribution in [3.05, 3.63) is 86.1 Å². The molecule has 12 nitrogen and oxygen atoms in total. The Hall–Kier alpha value is -3.87. The minimum Gasteiger partial charge on any atom is -0.394 e. The first kappa shape index (κ1) is 28.1. The lowest BCUT2D eigenvalue weighted by molar-refractivity contribution is 0.0298. The van der Waals surface area contributed by atoms with E-state index in [0.717, 1.165) is 38.5 Å². The second-order valence-electron chi connectivity index (χ2n) is 10.2. The zero-order chi connectivity index (χ0) is 28.3. The maximum absolute atomic E-state index is 11.5. The molecule has 0 bridgehead atoms. The highest BCUT2D eigenvalue weighted by Crippen LogP contribution is 2.32. The predicted octanol–water partition coefficient (Wildman–Crippen LogP) is 0.379. The molecule has 3 aliphatic carbocycles. The molecule has 0 saturated heterocycles. The number of aliphatic hydroxyl groups excluding tert-OH is 3. The maximum atomic E-state index is 11.5. The van der Waals surface area contributed by atoms with E-state index in [1.807, 2.05) is 0 Å². The Bertz CT molecular complexity index is 1290. The van der Waals surface area contributed by atoms with E-state index in [1.165, 1.54) is 13.7 Å². The van der Waals surface area contributed by atoms with Crippen LogP contribution in [0.5, 0.6) is 0 Å². The van der Waals surface area contributed by atoms with E-state index in [4.69, 9.17) is 17.2 Å². The van der Waals surface area contributed by atoms with Crippen LogP contribution in [0, 0.1) is 0 Å². The lowest BCUT2D eigenvalue weighted by Crippen LogP contribution is -2.39. The molecule has 0 radical (unpaired) electrons. The average molecular weight is 541 g/mol. The first-order valence-electron chi connectivity index (χ1n) is 13.0. The standard InChI is InChI=1S/3C9H12N2O2/c3*10-6-2-1-5-11(9(6)13)7-3-4-8(7)12/h3*1-2,5,7-8,12H,3-4,10H2/t7?,8-;2*7-,8-/m010/s1. The van der Waals surface area contributed by atoms with Crippen molar-refractivity contribution >= 4 is 17.1 Å². The van der Waals surface area contributed by atoms with E-state index in [1.54, 1.807) is 55.0 Å². The van der Waals surface area contributed by atoms with E-state index in [-0.39, 0.29) is 70.2 Å². The summed E-state index contributed by atoms with van der Waals surface area (Å²) in [6, 6.07) is 9.67. The molecule has 1 unspecified atom stereocenters. The zero-order valence-corrected chi connectivity index (χ0v) is 21.5. The van der Waals surface area contributed by atoms with Crippen LogP contribution in [0.2, 0.25) is 0 Å². The number of aliphatic hydroxyl groups is 3. The van der Waals surface area contributed by atoms with Crippen LogP contribution in [-0.4, -0.2) is 47.3 Å². The van der Waals surface area contributed by atoms with Gasteiger partial charge in [0.25, 0.3) is 16.7 Å². The summed E-state index contributed by atoms with van der Waals surface area (Å²) in [4.78, 5) is 34.4. The molecule has 9 N–H and O–H groups in total. The van der Waals surface area contributed by atoms with E-state index in [2.05, 4.69) is 0 Å². The van der Waals surface area contributed by atoms with Gasteiger partial charge in [-0.2, -0.15) is 0 Å². The average Bonchev–Trinajstić information content (AvgIpc) is 2.90. The highest BCUT2D eigenvalue weighted by atomic mass is 16.3. The Morgan fingerprint density at radius 1 is 0.513 bits per heavy atom. The van der Waals surface area contributed by atoms with Crippen molar-refractivity contribution in [1.82, 2.24) is 13.7 Å². The fourth-order valence-corrected chi connectivity index (χ4v) is 4.73. The van der Waals surface area contributed by atoms with Crippen LogP contribution < -0.4 is 33.9 Å². The predicted molar refractivity (Wildman–Crippen MR) is 148 cm³/mol. The summed E-state index contributed by atoms with van der Waals surface area (Å²) in [7, 11) is 0. The topological polar surface area (TPSA) is 205 Å². The van der Waals surface area contributed by atoms with Crippen LogP contribution in [0.25, 0.3) is 0 Å². The van der Waals surface area contributed by atoms with E-state index < -0.39 is 0 Å². The third-order valence-electron chi connectivity index (χ3n) is 7.69. The van der Waals surface area contributed by atoms with Gasteiger partial charge in [0.1, 0.15) is 0 Å². The Morgan fingerprint density at radius 2 is 0.769 bits per heavy atom. The van der Waals surface area contributed by atoms with Gasteiger partial charge in [-0.05, 0) is 74.9 Å². The van der Waals surface area contributed by atoms with E-state index in [0.29, 0.717) is 0 Å². The van der Waals surface area contributed by atoms with Gasteiger partial charge in [-0.25, -0.2) is 0 Å². The first-order chi connectivity index (χ1) is 18.6. The Labute approximate surface area is 224 Å². The summed E-state index contributed by atoms with van der Waals surface area (Å²) < 4.78 is 4.55. The van der Waals surface area contributed by atoms with Gasteiger partial charge in [0.15, 0.2) is 0 Å². The molecule has 0 amide bonds. The van der Waals surface area contributed by atoms with Crippen molar-refractivity contribution in [3.63, 3.8) is 0 Å². The van der Waals surface area contributed by atoms with Crippen molar-refractivity contribution in [2.75, 3.05) is 17.2 Å². The summed E-state index contributed by atoms with van der Waals surface area (Å²) in [6.45, 7) is 0. The summed E-state index contributed by atoms with van der Waals surface area (Å²) >= 11 is 0. The Kier molecular flexibility index (Phi) is 8.58. The lowest BCUT2D eigenvalue weighted by atomic mass is 9.89. The number of nitrogens with zero attached hydrogens (tertiary/aromatic N) is 3. The molecule has 3 fully saturated rings. The Balaban J connectivity index is 0.000000136. The minimum atomic E-state index is -0.389. The number of nitrogens with two attached hydrogens (primary N) is 3. The largest absolute Gasteiger partial charge is 0.394 e. The molecule has 6 atom stereocenters. The number of aromatic nitrogens is 3. The van der Waals surface area contributed by atoms with Crippen molar-refractivity contribution < 1.29 is 15.3 Å². The third kappa shape index (κ3) is 5.92. The van der Waals surface area contributed by atoms with Crippen LogP contribution in [0.3, 0.4) is 0 Å². The second-order valence-corrected chi connectivity index (χ2v) is 10.2. The SMILES string of the molecule is Nc1cccn(C2CC[C@@H]2O)c1=O.Nc1cccn([C@@H]2CC[C@H]2O)c1=O.Nc1cccn([C@H]2CC[C@@H]2O)c1=O. The molecular formula is C27H36N6O6. The van der Waals surface area contributed by atoms with Crippen LogP contribution in [-0.2, 0) is 0 Å². The second kappa shape index (κ2) is 11.9. The summed E-state index contributed by atoms with van der Waals surface area (Å²) in [5.74, 6) is 0. The highest BCUT2D eigenvalue weighted by molar-refractivity contribution is 5.35. The number of nitrogen functional groups attached to an aromatic ring is 3. The first-order valence-corrected chi connectivity index (χ1v) is 13.0. The Morgan fingerprint density at radius 3 is 0.949 bits per heavy atom. The quantitative estimate of drug-likeness (QED) is 0.271. The normalized spacial score (nSPS) is 26.8. The van der Waals surface area contributed by atoms with Crippen molar-refractivity contribution in [3.8, 4) is 0 Å². The van der Waals surface area contributed by atoms with Gasteiger partial charge in [0.2, 0.25) is 0 Å². The molecule has 210 valence electrons. The van der Waals surface area contributed by atoms with Crippen LogP contribution in [0.4, 0.5) is 17.1 Å². The molecular weight excluding hydrogens is 504 g/mol. The van der Waals surface area contributed by atoms with Crippen molar-refractivity contribution in [2.24, 2.45) is 0 Å². The molecule has 6 rings (SSSR count). The van der Waals surface area contributed by atoms with Crippen molar-refractivity contribution in [1.29, 1.82) is 0 Å². The monoisotopic (exact) mass is 540 g/mol. The number of hydrogen-bond acceptors (Lipinski definition) is 9. The number of anilines is 3. The smallest absolute Gasteiger partial charge is 0.274 e. The van der Waals surface area contributed by atoms with Crippen LogP contribution >= 0.6 is 0 Å². The number of rotatable bonds is 3. The van der Waals surface area contributed by atoms with E-state index >= 15 is 0 Å². The van der Waals surface area contributed by atoms with Crippen molar-refractivity contribution in [2.45, 2.75) is 75.0 Å². The molecule has 0 spiro atoms. The number of pyridine rings is 3. The molecule has 12 heteroatoms. The summed E-state index contributed by atoms with van der Waals surface area (Å²) in [5.41, 5.74) is 16.5. The fourth-order valence-electron chi connectivity index (χ4n) is 4.73. The summed E-state index contributed by atoms with van der Waals surface area (Å²) in [5, 5.41) is 28.1. The number of hydrogen-bond donors (Lipinski definition) is 6. The van der Waals surface area contributed by atoms with Crippen LogP contribution in [0.1, 0.15) is 56.7 Å². The van der Waals surface area contributed by atoms with Crippen LogP contribution in [0.15, 0.2) is 69.4 Å². The molecule has 3 aromatic heterocycles. The maximum Gasteiger partial charge on any atom is 0.274 e.